The lowest BCUT2D eigenvalue weighted by Gasteiger charge is -2.24. The summed E-state index contributed by atoms with van der Waals surface area (Å²) in [5, 5.41) is 0.906. The number of rotatable bonds is 15. The van der Waals surface area contributed by atoms with Crippen molar-refractivity contribution in [2.75, 3.05) is 13.2 Å². The summed E-state index contributed by atoms with van der Waals surface area (Å²) >= 11 is 0. The van der Waals surface area contributed by atoms with E-state index in [1.54, 1.807) is 0 Å². The van der Waals surface area contributed by atoms with Gasteiger partial charge in [-0.15, -0.1) is 0 Å². The van der Waals surface area contributed by atoms with E-state index in [0.717, 1.165) is 13.2 Å². The van der Waals surface area contributed by atoms with Gasteiger partial charge in [0.1, 0.15) is 0 Å². The van der Waals surface area contributed by atoms with Crippen LogP contribution in [0.2, 0.25) is 24.2 Å². The Labute approximate surface area is 156 Å². The van der Waals surface area contributed by atoms with Gasteiger partial charge < -0.3 is 9.47 Å². The van der Waals surface area contributed by atoms with Crippen molar-refractivity contribution in [1.82, 2.24) is 0 Å². The van der Waals surface area contributed by atoms with Crippen molar-refractivity contribution in [3.63, 3.8) is 0 Å². The summed E-state index contributed by atoms with van der Waals surface area (Å²) in [6, 6.07) is 5.31. The minimum absolute atomic E-state index is 0.453. The zero-order valence-electron chi connectivity index (χ0n) is 15.0. The Balaban J connectivity index is 4.22. The molecule has 8 heteroatoms. The second-order valence-electron chi connectivity index (χ2n) is 5.13. The van der Waals surface area contributed by atoms with Gasteiger partial charge in [0, 0.05) is 13.2 Å². The maximum absolute atomic E-state index is 5.99. The average molecular weight is 419 g/mol. The molecule has 0 aromatic carbocycles. The maximum Gasteiger partial charge on any atom is 0.0987 e. The summed E-state index contributed by atoms with van der Waals surface area (Å²) in [4.78, 5) is 0. The first-order valence-electron chi connectivity index (χ1n) is 8.56. The van der Waals surface area contributed by atoms with Crippen LogP contribution in [0, 0.1) is 0 Å². The first-order chi connectivity index (χ1) is 10.7. The molecule has 0 heterocycles. The molecule has 0 aromatic heterocycles. The number of ether oxygens (including phenoxy) is 2. The van der Waals surface area contributed by atoms with Crippen LogP contribution in [0.4, 0.5) is 0 Å². The van der Waals surface area contributed by atoms with Gasteiger partial charge >= 0.3 is 0 Å². The lowest BCUT2D eigenvalue weighted by atomic mass is 10.9. The van der Waals surface area contributed by atoms with Crippen molar-refractivity contribution in [2.24, 2.45) is 0 Å². The molecule has 0 bridgehead atoms. The van der Waals surface area contributed by atoms with Crippen LogP contribution in [-0.4, -0.2) is 40.9 Å². The summed E-state index contributed by atoms with van der Waals surface area (Å²) < 4.78 is 12.0. The zero-order chi connectivity index (χ0) is 16.8. The first kappa shape index (κ1) is 23.8. The maximum atomic E-state index is 5.99. The average Bonchev–Trinajstić information content (AvgIpc) is 2.53. The van der Waals surface area contributed by atoms with Gasteiger partial charge in [0.05, 0.1) is 27.7 Å². The minimum Gasteiger partial charge on any atom is -0.371 e. The van der Waals surface area contributed by atoms with Crippen LogP contribution >= 0.6 is 41.2 Å². The van der Waals surface area contributed by atoms with E-state index >= 15 is 0 Å². The third kappa shape index (κ3) is 9.91. The molecule has 0 aliphatic heterocycles. The molecule has 0 aliphatic carbocycles. The molecule has 0 aliphatic rings. The molecule has 2 atom stereocenters. The number of hydrogen-bond acceptors (Lipinski definition) is 6. The lowest BCUT2D eigenvalue weighted by Crippen LogP contribution is -2.29. The lowest BCUT2D eigenvalue weighted by molar-refractivity contribution is 0.169. The summed E-state index contributed by atoms with van der Waals surface area (Å²) in [5.41, 5.74) is 0. The summed E-state index contributed by atoms with van der Waals surface area (Å²) in [6.45, 7) is 15.2. The van der Waals surface area contributed by atoms with E-state index in [4.69, 9.17) is 9.47 Å². The Morgan fingerprint density at radius 3 is 1.18 bits per heavy atom. The Kier molecular flexibility index (Phi) is 17.5. The van der Waals surface area contributed by atoms with Crippen molar-refractivity contribution >= 4 is 58.8 Å². The quantitative estimate of drug-likeness (QED) is 0.139. The Hall–Kier alpha value is 1.75. The SMILES string of the molecule is CCOC(SSSSC(OCC)[SiH](CC)CC)[SiH](CC)CC. The third-order valence-corrected chi connectivity index (χ3v) is 20.3. The standard InChI is InChI=1S/C14H34O2S4Si2/c1-7-15-13(21(9-3)10-4)17-19-20-18-14(16-8-2)22(11-5)12-6/h13-14,21-22H,7-12H2,1-6H3. The van der Waals surface area contributed by atoms with E-state index in [-0.39, 0.29) is 0 Å². The fourth-order valence-electron chi connectivity index (χ4n) is 2.27. The summed E-state index contributed by atoms with van der Waals surface area (Å²) in [5.74, 6) is 0. The van der Waals surface area contributed by atoms with Gasteiger partial charge in [-0.2, -0.15) is 0 Å². The highest BCUT2D eigenvalue weighted by molar-refractivity contribution is 9.26. The Morgan fingerprint density at radius 2 is 0.955 bits per heavy atom. The first-order valence-corrected chi connectivity index (χ1v) is 18.1. The predicted molar refractivity (Wildman–Crippen MR) is 117 cm³/mol. The molecule has 0 amide bonds. The highest BCUT2D eigenvalue weighted by Crippen LogP contribution is 2.48. The second-order valence-corrected chi connectivity index (χ2v) is 19.6. The monoisotopic (exact) mass is 418 g/mol. The molecule has 0 spiro atoms. The summed E-state index contributed by atoms with van der Waals surface area (Å²) in [7, 11) is 6.17. The van der Waals surface area contributed by atoms with Crippen molar-refractivity contribution in [3.8, 4) is 0 Å². The van der Waals surface area contributed by atoms with E-state index in [1.807, 2.05) is 41.2 Å². The van der Waals surface area contributed by atoms with Gasteiger partial charge in [0.15, 0.2) is 0 Å². The van der Waals surface area contributed by atoms with Crippen molar-refractivity contribution in [1.29, 1.82) is 0 Å². The smallest absolute Gasteiger partial charge is 0.0987 e. The fraction of sp³-hybridized carbons (Fsp3) is 1.00. The molecular weight excluding hydrogens is 385 g/mol. The van der Waals surface area contributed by atoms with Crippen LogP contribution in [0.1, 0.15) is 41.5 Å². The van der Waals surface area contributed by atoms with Crippen LogP contribution in [0.25, 0.3) is 0 Å². The van der Waals surface area contributed by atoms with Gasteiger partial charge in [-0.1, -0.05) is 73.5 Å². The highest BCUT2D eigenvalue weighted by atomic mass is 33.7. The molecule has 22 heavy (non-hydrogen) atoms. The Morgan fingerprint density at radius 1 is 0.636 bits per heavy atom. The van der Waals surface area contributed by atoms with E-state index in [2.05, 4.69) is 41.5 Å². The van der Waals surface area contributed by atoms with E-state index in [9.17, 15) is 0 Å². The van der Waals surface area contributed by atoms with Gasteiger partial charge in [0.2, 0.25) is 0 Å². The molecule has 0 saturated heterocycles. The molecule has 134 valence electrons. The molecule has 2 unspecified atom stereocenters. The van der Waals surface area contributed by atoms with Crippen LogP contribution in [0.3, 0.4) is 0 Å². The topological polar surface area (TPSA) is 18.5 Å². The van der Waals surface area contributed by atoms with Gasteiger partial charge in [-0.25, -0.2) is 0 Å². The van der Waals surface area contributed by atoms with Crippen LogP contribution in [-0.2, 0) is 9.47 Å². The largest absolute Gasteiger partial charge is 0.371 e. The molecule has 0 saturated carbocycles. The normalized spacial score (nSPS) is 14.7. The number of hydrogen-bond donors (Lipinski definition) is 0. The molecule has 0 fully saturated rings. The fourth-order valence-corrected chi connectivity index (χ4v) is 20.0. The van der Waals surface area contributed by atoms with Crippen molar-refractivity contribution in [2.45, 2.75) is 75.8 Å². The second kappa shape index (κ2) is 16.2. The van der Waals surface area contributed by atoms with E-state index in [0.29, 0.717) is 10.1 Å². The van der Waals surface area contributed by atoms with E-state index in [1.165, 1.54) is 24.2 Å². The highest BCUT2D eigenvalue weighted by Gasteiger charge is 2.24. The molecule has 0 radical (unpaired) electrons. The van der Waals surface area contributed by atoms with Gasteiger partial charge in [-0.05, 0) is 33.5 Å². The van der Waals surface area contributed by atoms with Crippen molar-refractivity contribution in [3.05, 3.63) is 0 Å². The molecular formula is C14H34O2S4Si2. The van der Waals surface area contributed by atoms with Gasteiger partial charge in [0.25, 0.3) is 0 Å². The molecule has 0 rings (SSSR count). The van der Waals surface area contributed by atoms with Gasteiger partial charge in [-0.3, -0.25) is 0 Å². The molecule has 0 N–H and O–H groups in total. The predicted octanol–water partition coefficient (Wildman–Crippen LogP) is 6.00. The van der Waals surface area contributed by atoms with Crippen LogP contribution in [0.15, 0.2) is 0 Å². The van der Waals surface area contributed by atoms with Crippen LogP contribution in [0.5, 0.6) is 0 Å². The molecule has 2 nitrogen and oxygen atoms in total. The molecule has 0 aromatic rings. The van der Waals surface area contributed by atoms with Crippen LogP contribution < -0.4 is 0 Å². The van der Waals surface area contributed by atoms with E-state index < -0.39 is 17.6 Å². The zero-order valence-corrected chi connectivity index (χ0v) is 20.6. The summed E-state index contributed by atoms with van der Waals surface area (Å²) in [6.07, 6.45) is 0. The minimum atomic E-state index is -0.762. The third-order valence-electron chi connectivity index (χ3n) is 3.83. The van der Waals surface area contributed by atoms with Crippen molar-refractivity contribution < 1.29 is 9.47 Å². The Bertz CT molecular complexity index is 221.